The molecule has 0 radical (unpaired) electrons. The average molecular weight is 408 g/mol. The highest BCUT2D eigenvalue weighted by Crippen LogP contribution is 2.27. The van der Waals surface area contributed by atoms with Crippen LogP contribution in [0.5, 0.6) is 11.5 Å². The summed E-state index contributed by atoms with van der Waals surface area (Å²) in [5, 5.41) is 0. The highest BCUT2D eigenvalue weighted by atomic mass is 32.2. The Morgan fingerprint density at radius 1 is 1.04 bits per heavy atom. The molecule has 1 aliphatic rings. The van der Waals surface area contributed by atoms with E-state index in [2.05, 4.69) is 4.72 Å². The largest absolute Gasteiger partial charge is 0.497 e. The Bertz CT molecular complexity index is 818. The van der Waals surface area contributed by atoms with E-state index in [0.717, 1.165) is 0 Å². The van der Waals surface area contributed by atoms with E-state index >= 15 is 0 Å². The van der Waals surface area contributed by atoms with Crippen molar-refractivity contribution in [2.45, 2.75) is 4.90 Å². The van der Waals surface area contributed by atoms with Crippen molar-refractivity contribution in [1.82, 2.24) is 13.9 Å². The Kier molecular flexibility index (Phi) is 6.86. The minimum Gasteiger partial charge on any atom is -0.497 e. The van der Waals surface area contributed by atoms with Crippen LogP contribution >= 0.6 is 0 Å². The first-order valence-electron chi connectivity index (χ1n) is 8.06. The van der Waals surface area contributed by atoms with E-state index in [9.17, 15) is 16.8 Å². The number of nitrogens with one attached hydrogen (secondary N) is 1. The van der Waals surface area contributed by atoms with Gasteiger partial charge in [0.15, 0.2) is 0 Å². The summed E-state index contributed by atoms with van der Waals surface area (Å²) >= 11 is 0. The fourth-order valence-electron chi connectivity index (χ4n) is 2.69. The quantitative estimate of drug-likeness (QED) is 0.623. The molecule has 2 rings (SSSR count). The molecule has 0 unspecified atom stereocenters. The summed E-state index contributed by atoms with van der Waals surface area (Å²) in [7, 11) is -4.07. The normalized spacial score (nSPS) is 17.2. The van der Waals surface area contributed by atoms with Crippen molar-refractivity contribution in [2.24, 2.45) is 0 Å². The smallest absolute Gasteiger partial charge is 0.244 e. The predicted molar refractivity (Wildman–Crippen MR) is 97.6 cm³/mol. The van der Waals surface area contributed by atoms with Crippen LogP contribution in [0.3, 0.4) is 0 Å². The van der Waals surface area contributed by atoms with E-state index in [1.165, 1.54) is 36.9 Å². The molecule has 1 N–H and O–H groups in total. The summed E-state index contributed by atoms with van der Waals surface area (Å²) in [6.07, 6.45) is 1.19. The first-order chi connectivity index (χ1) is 12.2. The highest BCUT2D eigenvalue weighted by molar-refractivity contribution is 7.89. The Morgan fingerprint density at radius 3 is 2.23 bits per heavy atom. The van der Waals surface area contributed by atoms with Crippen LogP contribution in [0.15, 0.2) is 23.1 Å². The second-order valence-electron chi connectivity index (χ2n) is 5.92. The summed E-state index contributed by atoms with van der Waals surface area (Å²) in [5.74, 6) is 0.656. The molecule has 1 aliphatic heterocycles. The van der Waals surface area contributed by atoms with Crippen molar-refractivity contribution in [3.63, 3.8) is 0 Å². The van der Waals surface area contributed by atoms with Crippen LogP contribution in [0.1, 0.15) is 0 Å². The Morgan fingerprint density at radius 2 is 1.69 bits per heavy atom. The van der Waals surface area contributed by atoms with Gasteiger partial charge in [-0.1, -0.05) is 0 Å². The van der Waals surface area contributed by atoms with Crippen LogP contribution in [0.2, 0.25) is 0 Å². The third kappa shape index (κ3) is 5.30. The maximum Gasteiger partial charge on any atom is 0.244 e. The number of methoxy groups -OCH3 is 2. The number of rotatable bonds is 8. The molecule has 1 aromatic rings. The molecule has 0 bridgehead atoms. The lowest BCUT2D eigenvalue weighted by Crippen LogP contribution is -2.49. The minimum absolute atomic E-state index is 0.0150. The Balaban J connectivity index is 1.93. The van der Waals surface area contributed by atoms with Crippen LogP contribution in [-0.4, -0.2) is 85.8 Å². The van der Waals surface area contributed by atoms with Crippen LogP contribution < -0.4 is 14.2 Å². The van der Waals surface area contributed by atoms with Crippen molar-refractivity contribution >= 4 is 20.0 Å². The number of hydrogen-bond acceptors (Lipinski definition) is 7. The summed E-state index contributed by atoms with van der Waals surface area (Å²) in [6, 6.07) is 4.57. The van der Waals surface area contributed by atoms with E-state index in [0.29, 0.717) is 38.5 Å². The first kappa shape index (κ1) is 20.9. The number of sulfonamides is 2. The van der Waals surface area contributed by atoms with Crippen LogP contribution in [-0.2, 0) is 20.0 Å². The zero-order valence-corrected chi connectivity index (χ0v) is 16.8. The number of piperazine rings is 1. The molecule has 0 saturated carbocycles. The van der Waals surface area contributed by atoms with Gasteiger partial charge in [0.1, 0.15) is 16.4 Å². The summed E-state index contributed by atoms with van der Waals surface area (Å²) < 4.78 is 62.3. The molecule has 1 saturated heterocycles. The van der Waals surface area contributed by atoms with Crippen molar-refractivity contribution in [2.75, 3.05) is 59.7 Å². The molecule has 1 heterocycles. The number of benzene rings is 1. The number of nitrogens with zero attached hydrogens (tertiary/aromatic N) is 2. The molecule has 1 fully saturated rings. The maximum absolute atomic E-state index is 12.6. The zero-order valence-electron chi connectivity index (χ0n) is 15.1. The lowest BCUT2D eigenvalue weighted by Gasteiger charge is -2.33. The van der Waals surface area contributed by atoms with Gasteiger partial charge in [-0.2, -0.15) is 4.31 Å². The molecule has 0 amide bonds. The van der Waals surface area contributed by atoms with Gasteiger partial charge < -0.3 is 9.47 Å². The van der Waals surface area contributed by atoms with Gasteiger partial charge in [0.2, 0.25) is 20.0 Å². The van der Waals surface area contributed by atoms with Crippen molar-refractivity contribution in [1.29, 1.82) is 0 Å². The molecule has 9 nitrogen and oxygen atoms in total. The maximum atomic E-state index is 12.6. The number of ether oxygens (including phenoxy) is 2. The first-order valence-corrected chi connectivity index (χ1v) is 11.4. The topological polar surface area (TPSA) is 105 Å². The Hall–Kier alpha value is -1.40. The fourth-order valence-corrected chi connectivity index (χ4v) is 4.72. The van der Waals surface area contributed by atoms with Gasteiger partial charge in [0.25, 0.3) is 0 Å². The average Bonchev–Trinajstić information content (AvgIpc) is 2.60. The molecular formula is C15H25N3O6S2. The van der Waals surface area contributed by atoms with Crippen LogP contribution in [0, 0.1) is 0 Å². The van der Waals surface area contributed by atoms with Crippen LogP contribution in [0.4, 0.5) is 0 Å². The minimum atomic E-state index is -3.76. The lowest BCUT2D eigenvalue weighted by atomic mass is 10.3. The Labute approximate surface area is 155 Å². The second kappa shape index (κ2) is 8.53. The van der Waals surface area contributed by atoms with E-state index in [4.69, 9.17) is 9.47 Å². The molecule has 148 valence electrons. The molecule has 0 atom stereocenters. The SMILES string of the molecule is COc1ccc(OC)c(S(=O)(=O)NCCN2CCN(S(C)(=O)=O)CC2)c1. The summed E-state index contributed by atoms with van der Waals surface area (Å²) in [5.41, 5.74) is 0. The lowest BCUT2D eigenvalue weighted by molar-refractivity contribution is 0.192. The molecule has 11 heteroatoms. The van der Waals surface area contributed by atoms with E-state index in [1.54, 1.807) is 6.07 Å². The fraction of sp³-hybridized carbons (Fsp3) is 0.600. The van der Waals surface area contributed by atoms with Gasteiger partial charge in [0.05, 0.1) is 20.5 Å². The molecule has 26 heavy (non-hydrogen) atoms. The molecular weight excluding hydrogens is 382 g/mol. The monoisotopic (exact) mass is 407 g/mol. The van der Waals surface area contributed by atoms with Crippen molar-refractivity contribution in [3.05, 3.63) is 18.2 Å². The third-order valence-corrected chi connectivity index (χ3v) is 6.97. The standard InChI is InChI=1S/C15H25N3O6S2/c1-23-13-4-5-14(24-2)15(12-13)26(21,22)16-6-7-17-8-10-18(11-9-17)25(3,19)20/h4-5,12,16H,6-11H2,1-3H3. The predicted octanol–water partition coefficient (Wildman–Crippen LogP) is -0.441. The van der Waals surface area contributed by atoms with E-state index in [-0.39, 0.29) is 17.2 Å². The van der Waals surface area contributed by atoms with Crippen molar-refractivity contribution in [3.8, 4) is 11.5 Å². The van der Waals surface area contributed by atoms with Gasteiger partial charge in [-0.05, 0) is 12.1 Å². The van der Waals surface area contributed by atoms with Gasteiger partial charge in [-0.25, -0.2) is 21.6 Å². The molecule has 1 aromatic carbocycles. The van der Waals surface area contributed by atoms with E-state index in [1.807, 2.05) is 4.90 Å². The van der Waals surface area contributed by atoms with Gasteiger partial charge >= 0.3 is 0 Å². The summed E-state index contributed by atoms with van der Waals surface area (Å²) in [6.45, 7) is 2.66. The van der Waals surface area contributed by atoms with Crippen LogP contribution in [0.25, 0.3) is 0 Å². The zero-order chi connectivity index (χ0) is 19.4. The highest BCUT2D eigenvalue weighted by Gasteiger charge is 2.24. The van der Waals surface area contributed by atoms with Gasteiger partial charge in [-0.3, -0.25) is 4.90 Å². The molecule has 0 aliphatic carbocycles. The van der Waals surface area contributed by atoms with Gasteiger partial charge in [-0.15, -0.1) is 0 Å². The third-order valence-electron chi connectivity index (χ3n) is 4.18. The van der Waals surface area contributed by atoms with E-state index < -0.39 is 20.0 Å². The van der Waals surface area contributed by atoms with Crippen molar-refractivity contribution < 1.29 is 26.3 Å². The summed E-state index contributed by atoms with van der Waals surface area (Å²) in [4.78, 5) is 2.04. The molecule has 0 aromatic heterocycles. The number of hydrogen-bond donors (Lipinski definition) is 1. The van der Waals surface area contributed by atoms with Gasteiger partial charge in [0, 0.05) is 45.3 Å². The second-order valence-corrected chi connectivity index (χ2v) is 9.64. The molecule has 0 spiro atoms.